The Kier molecular flexibility index (Phi) is 8.53. The van der Waals surface area contributed by atoms with Crippen molar-refractivity contribution < 1.29 is 24.0 Å². The number of fused-ring (bicyclic) bond motifs is 1. The van der Waals surface area contributed by atoms with Gasteiger partial charge in [0.25, 0.3) is 16.8 Å². The number of hydrogen-bond acceptors (Lipinski definition) is 7. The molecule has 0 aliphatic carbocycles. The Morgan fingerprint density at radius 2 is 1.62 bits per heavy atom. The molecular formula is C29H20Br2N2O6S. The second-order valence-electron chi connectivity index (χ2n) is 8.69. The molecular weight excluding hydrogens is 664 g/mol. The van der Waals surface area contributed by atoms with E-state index < -0.39 is 4.92 Å². The van der Waals surface area contributed by atoms with Crippen molar-refractivity contribution in [1.29, 1.82) is 0 Å². The number of thioether (sulfide) groups is 1. The molecule has 0 radical (unpaired) electrons. The zero-order chi connectivity index (χ0) is 28.2. The molecule has 40 heavy (non-hydrogen) atoms. The fraction of sp³-hybridized carbons (Fsp3) is 0.103. The summed E-state index contributed by atoms with van der Waals surface area (Å²) in [6, 6.07) is 23.3. The van der Waals surface area contributed by atoms with E-state index in [1.807, 2.05) is 42.5 Å². The van der Waals surface area contributed by atoms with Crippen LogP contribution in [0.4, 0.5) is 10.5 Å². The van der Waals surface area contributed by atoms with Crippen molar-refractivity contribution >= 4 is 77.3 Å². The third-order valence-electron chi connectivity index (χ3n) is 6.04. The van der Waals surface area contributed by atoms with Gasteiger partial charge in [-0.05, 0) is 96.5 Å². The average molecular weight is 684 g/mol. The van der Waals surface area contributed by atoms with E-state index in [4.69, 9.17) is 9.47 Å². The van der Waals surface area contributed by atoms with Crippen molar-refractivity contribution in [2.75, 3.05) is 13.2 Å². The number of carbonyl (C=O) groups is 2. The highest BCUT2D eigenvalue weighted by Gasteiger charge is 2.35. The summed E-state index contributed by atoms with van der Waals surface area (Å²) in [4.78, 5) is 37.5. The third kappa shape index (κ3) is 6.22. The smallest absolute Gasteiger partial charge is 0.293 e. The molecule has 202 valence electrons. The van der Waals surface area contributed by atoms with Gasteiger partial charge >= 0.3 is 0 Å². The van der Waals surface area contributed by atoms with Crippen LogP contribution in [0.25, 0.3) is 16.8 Å². The Morgan fingerprint density at radius 3 is 2.35 bits per heavy atom. The van der Waals surface area contributed by atoms with Crippen molar-refractivity contribution in [1.82, 2.24) is 4.90 Å². The zero-order valence-electron chi connectivity index (χ0n) is 20.7. The van der Waals surface area contributed by atoms with Crippen LogP contribution in [0.2, 0.25) is 0 Å². The first-order valence-corrected chi connectivity index (χ1v) is 14.4. The van der Waals surface area contributed by atoms with E-state index in [9.17, 15) is 19.7 Å². The van der Waals surface area contributed by atoms with Gasteiger partial charge < -0.3 is 9.47 Å². The molecule has 0 atom stereocenters. The molecule has 0 bridgehead atoms. The van der Waals surface area contributed by atoms with Crippen molar-refractivity contribution in [2.24, 2.45) is 0 Å². The second-order valence-corrected chi connectivity index (χ2v) is 11.4. The molecule has 8 nitrogen and oxygen atoms in total. The quantitative estimate of drug-likeness (QED) is 0.100. The molecule has 0 aromatic heterocycles. The van der Waals surface area contributed by atoms with Crippen LogP contribution >= 0.6 is 43.6 Å². The Morgan fingerprint density at radius 1 is 0.925 bits per heavy atom. The van der Waals surface area contributed by atoms with Crippen LogP contribution in [0.3, 0.4) is 0 Å². The predicted molar refractivity (Wildman–Crippen MR) is 161 cm³/mol. The van der Waals surface area contributed by atoms with Gasteiger partial charge in [0, 0.05) is 17.5 Å². The maximum Gasteiger partial charge on any atom is 0.293 e. The molecule has 1 heterocycles. The molecule has 0 saturated carbocycles. The molecule has 0 N–H and O–H groups in total. The van der Waals surface area contributed by atoms with Crippen LogP contribution in [-0.2, 0) is 11.4 Å². The summed E-state index contributed by atoms with van der Waals surface area (Å²) >= 11 is 7.89. The summed E-state index contributed by atoms with van der Waals surface area (Å²) in [7, 11) is 0. The lowest BCUT2D eigenvalue weighted by atomic mass is 10.1. The molecule has 4 aromatic rings. The molecule has 5 rings (SSSR count). The van der Waals surface area contributed by atoms with Crippen LogP contribution in [0.1, 0.15) is 11.1 Å². The van der Waals surface area contributed by atoms with E-state index in [1.54, 1.807) is 30.3 Å². The van der Waals surface area contributed by atoms with Crippen molar-refractivity contribution in [3.63, 3.8) is 0 Å². The molecule has 1 aliphatic rings. The largest absolute Gasteiger partial charge is 0.491 e. The minimum absolute atomic E-state index is 0.0113. The second kappa shape index (κ2) is 12.2. The highest BCUT2D eigenvalue weighted by Crippen LogP contribution is 2.38. The van der Waals surface area contributed by atoms with Gasteiger partial charge in [-0.3, -0.25) is 24.6 Å². The Hall–Kier alpha value is -3.67. The lowest BCUT2D eigenvalue weighted by molar-refractivity contribution is -0.384. The fourth-order valence-corrected chi connectivity index (χ4v) is 6.40. The number of amides is 2. The number of rotatable bonds is 9. The first-order chi connectivity index (χ1) is 19.3. The summed E-state index contributed by atoms with van der Waals surface area (Å²) in [5.41, 5.74) is 1.47. The van der Waals surface area contributed by atoms with Gasteiger partial charge in [-0.25, -0.2) is 0 Å². The number of non-ortho nitro benzene ring substituents is 1. The number of halogens is 2. The van der Waals surface area contributed by atoms with E-state index in [0.29, 0.717) is 30.9 Å². The molecule has 2 amide bonds. The van der Waals surface area contributed by atoms with Crippen LogP contribution in [0.15, 0.2) is 92.7 Å². The van der Waals surface area contributed by atoms with Crippen molar-refractivity contribution in [3.05, 3.63) is 114 Å². The monoisotopic (exact) mass is 682 g/mol. The Balaban J connectivity index is 1.22. The van der Waals surface area contributed by atoms with E-state index >= 15 is 0 Å². The summed E-state index contributed by atoms with van der Waals surface area (Å²) in [5.74, 6) is 0.864. The number of carbonyl (C=O) groups excluding carboxylic acids is 2. The Bertz CT molecular complexity index is 1630. The maximum absolute atomic E-state index is 13.0. The van der Waals surface area contributed by atoms with Gasteiger partial charge in [-0.15, -0.1) is 0 Å². The van der Waals surface area contributed by atoms with E-state index in [1.165, 1.54) is 17.0 Å². The predicted octanol–water partition coefficient (Wildman–Crippen LogP) is 7.97. The molecule has 1 aliphatic heterocycles. The molecule has 4 aromatic carbocycles. The number of nitro benzene ring substituents is 1. The number of imide groups is 1. The van der Waals surface area contributed by atoms with Crippen LogP contribution in [-0.4, -0.2) is 34.1 Å². The first kappa shape index (κ1) is 27.9. The fourth-order valence-electron chi connectivity index (χ4n) is 4.08. The summed E-state index contributed by atoms with van der Waals surface area (Å²) in [6.45, 7) is 0.513. The number of nitrogens with zero attached hydrogens (tertiary/aromatic N) is 2. The maximum atomic E-state index is 13.0. The standard InChI is InChI=1S/C29H20Br2N2O6S/c30-23-14-19(15-24(31)27(23)39-17-18-8-10-21(11-9-18)33(36)37)16-26-28(34)32(29(35)40-26)12-13-38-25-7-3-5-20-4-1-2-6-22(20)25/h1-11,14-16H,12-13,17H2/b26-16-. The lowest BCUT2D eigenvalue weighted by Gasteiger charge is -2.14. The third-order valence-corrected chi connectivity index (χ3v) is 8.13. The number of ether oxygens (including phenoxy) is 2. The van der Waals surface area contributed by atoms with Gasteiger partial charge in [0.05, 0.1) is 25.3 Å². The van der Waals surface area contributed by atoms with E-state index in [2.05, 4.69) is 31.9 Å². The normalized spacial score (nSPS) is 14.2. The highest BCUT2D eigenvalue weighted by atomic mass is 79.9. The summed E-state index contributed by atoms with van der Waals surface area (Å²) < 4.78 is 13.1. The molecule has 1 fully saturated rings. The minimum Gasteiger partial charge on any atom is -0.491 e. The number of benzene rings is 4. The minimum atomic E-state index is -0.453. The van der Waals surface area contributed by atoms with Crippen molar-refractivity contribution in [3.8, 4) is 11.5 Å². The molecule has 11 heteroatoms. The number of hydrogen-bond donors (Lipinski definition) is 0. The van der Waals surface area contributed by atoms with Crippen LogP contribution in [0, 0.1) is 10.1 Å². The Labute approximate surface area is 250 Å². The average Bonchev–Trinajstić information content (AvgIpc) is 3.20. The topological polar surface area (TPSA) is 99.0 Å². The van der Waals surface area contributed by atoms with Gasteiger partial charge in [0.15, 0.2) is 0 Å². The zero-order valence-corrected chi connectivity index (χ0v) is 24.7. The van der Waals surface area contributed by atoms with Gasteiger partial charge in [0.2, 0.25) is 0 Å². The summed E-state index contributed by atoms with van der Waals surface area (Å²) in [6.07, 6.45) is 1.66. The highest BCUT2D eigenvalue weighted by molar-refractivity contribution is 9.11. The summed E-state index contributed by atoms with van der Waals surface area (Å²) in [5, 5.41) is 12.5. The van der Waals surface area contributed by atoms with Gasteiger partial charge in [0.1, 0.15) is 24.7 Å². The van der Waals surface area contributed by atoms with Crippen LogP contribution < -0.4 is 9.47 Å². The molecule has 0 unspecified atom stereocenters. The molecule has 0 spiro atoms. The van der Waals surface area contributed by atoms with Crippen LogP contribution in [0.5, 0.6) is 11.5 Å². The molecule has 1 saturated heterocycles. The van der Waals surface area contributed by atoms with Gasteiger partial charge in [-0.1, -0.05) is 36.4 Å². The van der Waals surface area contributed by atoms with Gasteiger partial charge in [-0.2, -0.15) is 0 Å². The number of nitro groups is 1. The SMILES string of the molecule is O=C1S/C(=C\c2cc(Br)c(OCc3ccc([N+](=O)[O-])cc3)c(Br)c2)C(=O)N1CCOc1cccc2ccccc12. The van der Waals surface area contributed by atoms with E-state index in [-0.39, 0.29) is 36.6 Å². The lowest BCUT2D eigenvalue weighted by Crippen LogP contribution is -2.32. The van der Waals surface area contributed by atoms with E-state index in [0.717, 1.165) is 28.1 Å². The van der Waals surface area contributed by atoms with Crippen molar-refractivity contribution in [2.45, 2.75) is 6.61 Å². The first-order valence-electron chi connectivity index (χ1n) is 12.0.